The van der Waals surface area contributed by atoms with Crippen molar-refractivity contribution in [2.75, 3.05) is 19.0 Å². The van der Waals surface area contributed by atoms with Crippen LogP contribution in [0.1, 0.15) is 16.8 Å². The van der Waals surface area contributed by atoms with Gasteiger partial charge in [0.2, 0.25) is 5.91 Å². The van der Waals surface area contributed by atoms with Crippen LogP contribution in [0, 0.1) is 0 Å². The van der Waals surface area contributed by atoms with Crippen LogP contribution in [0.2, 0.25) is 0 Å². The minimum Gasteiger partial charge on any atom is -0.497 e. The molecule has 23 heavy (non-hydrogen) atoms. The smallest absolute Gasteiger partial charge is 0.251 e. The van der Waals surface area contributed by atoms with E-state index in [9.17, 15) is 9.59 Å². The first-order chi connectivity index (χ1) is 11.1. The molecule has 2 amide bonds. The second-order valence-corrected chi connectivity index (χ2v) is 5.62. The Bertz CT molecular complexity index is 704. The molecule has 2 N–H and O–H groups in total. The van der Waals surface area contributed by atoms with Crippen molar-refractivity contribution in [2.45, 2.75) is 6.42 Å². The fourth-order valence-electron chi connectivity index (χ4n) is 1.93. The van der Waals surface area contributed by atoms with Crippen molar-refractivity contribution in [1.82, 2.24) is 5.32 Å². The fraction of sp³-hybridized carbons (Fsp3) is 0.176. The van der Waals surface area contributed by atoms with Crippen LogP contribution >= 0.6 is 15.9 Å². The third-order valence-electron chi connectivity index (χ3n) is 3.12. The molecule has 0 saturated carbocycles. The standard InChI is InChI=1S/C17H17BrN2O3/c1-23-13-6-4-5-12(11-13)17(22)19-10-9-16(21)20-15-8-3-2-7-14(15)18/h2-8,11H,9-10H2,1H3,(H,19,22)(H,20,21). The van der Waals surface area contributed by atoms with E-state index in [2.05, 4.69) is 26.6 Å². The van der Waals surface area contributed by atoms with Gasteiger partial charge < -0.3 is 15.4 Å². The van der Waals surface area contributed by atoms with Gasteiger partial charge >= 0.3 is 0 Å². The maximum absolute atomic E-state index is 12.0. The van der Waals surface area contributed by atoms with Crippen LogP contribution in [0.25, 0.3) is 0 Å². The molecule has 0 spiro atoms. The minimum absolute atomic E-state index is 0.164. The van der Waals surface area contributed by atoms with Crippen LogP contribution in [0.5, 0.6) is 5.75 Å². The molecule has 0 aliphatic carbocycles. The van der Waals surface area contributed by atoms with Crippen molar-refractivity contribution >= 4 is 33.4 Å². The number of ether oxygens (including phenoxy) is 1. The van der Waals surface area contributed by atoms with Crippen molar-refractivity contribution < 1.29 is 14.3 Å². The highest BCUT2D eigenvalue weighted by Gasteiger charge is 2.08. The Labute approximate surface area is 143 Å². The monoisotopic (exact) mass is 376 g/mol. The lowest BCUT2D eigenvalue weighted by molar-refractivity contribution is -0.116. The Morgan fingerprint density at radius 3 is 2.65 bits per heavy atom. The van der Waals surface area contributed by atoms with E-state index in [1.54, 1.807) is 37.4 Å². The number of halogens is 1. The van der Waals surface area contributed by atoms with Gasteiger partial charge in [-0.3, -0.25) is 9.59 Å². The summed E-state index contributed by atoms with van der Waals surface area (Å²) >= 11 is 3.36. The molecule has 2 rings (SSSR count). The van der Waals surface area contributed by atoms with Gasteiger partial charge in [0.1, 0.15) is 5.75 Å². The Morgan fingerprint density at radius 2 is 1.91 bits per heavy atom. The Kier molecular flexibility index (Phi) is 6.17. The number of benzene rings is 2. The van der Waals surface area contributed by atoms with Crippen molar-refractivity contribution in [3.63, 3.8) is 0 Å². The van der Waals surface area contributed by atoms with Crippen molar-refractivity contribution in [3.05, 3.63) is 58.6 Å². The van der Waals surface area contributed by atoms with Gasteiger partial charge in [-0.25, -0.2) is 0 Å². The Balaban J connectivity index is 1.81. The Hall–Kier alpha value is -2.34. The number of methoxy groups -OCH3 is 1. The summed E-state index contributed by atoms with van der Waals surface area (Å²) in [6, 6.07) is 14.2. The van der Waals surface area contributed by atoms with Crippen LogP contribution in [0.4, 0.5) is 5.69 Å². The Morgan fingerprint density at radius 1 is 1.13 bits per heavy atom. The zero-order chi connectivity index (χ0) is 16.7. The molecular formula is C17H17BrN2O3. The van der Waals surface area contributed by atoms with E-state index in [0.717, 1.165) is 4.47 Å². The molecule has 0 atom stereocenters. The molecule has 0 aliphatic rings. The highest BCUT2D eigenvalue weighted by Crippen LogP contribution is 2.21. The molecule has 0 unspecified atom stereocenters. The third-order valence-corrected chi connectivity index (χ3v) is 3.81. The van der Waals surface area contributed by atoms with Gasteiger partial charge in [0.05, 0.1) is 12.8 Å². The van der Waals surface area contributed by atoms with Gasteiger partial charge in [0.25, 0.3) is 5.91 Å². The van der Waals surface area contributed by atoms with Crippen LogP contribution < -0.4 is 15.4 Å². The fourth-order valence-corrected chi connectivity index (χ4v) is 2.32. The van der Waals surface area contributed by atoms with Gasteiger partial charge in [-0.15, -0.1) is 0 Å². The van der Waals surface area contributed by atoms with E-state index in [1.165, 1.54) is 0 Å². The zero-order valence-corrected chi connectivity index (χ0v) is 14.2. The minimum atomic E-state index is -0.238. The molecule has 0 saturated heterocycles. The normalized spacial score (nSPS) is 10.0. The summed E-state index contributed by atoms with van der Waals surface area (Å²) in [5, 5.41) is 5.50. The quantitative estimate of drug-likeness (QED) is 0.813. The second-order valence-electron chi connectivity index (χ2n) is 4.77. The lowest BCUT2D eigenvalue weighted by atomic mass is 10.2. The summed E-state index contributed by atoms with van der Waals surface area (Å²) in [6.07, 6.45) is 0.192. The summed E-state index contributed by atoms with van der Waals surface area (Å²) < 4.78 is 5.89. The largest absolute Gasteiger partial charge is 0.497 e. The molecule has 0 aliphatic heterocycles. The molecule has 2 aromatic carbocycles. The first-order valence-electron chi connectivity index (χ1n) is 7.07. The number of nitrogens with one attached hydrogen (secondary N) is 2. The first kappa shape index (κ1) is 17.0. The van der Waals surface area contributed by atoms with Crippen molar-refractivity contribution in [1.29, 1.82) is 0 Å². The van der Waals surface area contributed by atoms with E-state index in [0.29, 0.717) is 17.0 Å². The summed E-state index contributed by atoms with van der Waals surface area (Å²) in [5.74, 6) is 0.213. The molecule has 0 heterocycles. The van der Waals surface area contributed by atoms with Gasteiger partial charge in [0.15, 0.2) is 0 Å². The van der Waals surface area contributed by atoms with E-state index in [4.69, 9.17) is 4.74 Å². The lowest BCUT2D eigenvalue weighted by Gasteiger charge is -2.08. The van der Waals surface area contributed by atoms with Gasteiger partial charge in [-0.2, -0.15) is 0 Å². The third kappa shape index (κ3) is 5.10. The summed E-state index contributed by atoms with van der Waals surface area (Å²) in [6.45, 7) is 0.256. The summed E-state index contributed by atoms with van der Waals surface area (Å²) in [4.78, 5) is 23.9. The van der Waals surface area contributed by atoms with Crippen molar-refractivity contribution in [2.24, 2.45) is 0 Å². The second kappa shape index (κ2) is 8.33. The van der Waals surface area contributed by atoms with Crippen LogP contribution in [0.3, 0.4) is 0 Å². The lowest BCUT2D eigenvalue weighted by Crippen LogP contribution is -2.27. The van der Waals surface area contributed by atoms with Crippen LogP contribution in [-0.4, -0.2) is 25.5 Å². The number of hydrogen-bond donors (Lipinski definition) is 2. The highest BCUT2D eigenvalue weighted by atomic mass is 79.9. The number of hydrogen-bond acceptors (Lipinski definition) is 3. The van der Waals surface area contributed by atoms with E-state index < -0.39 is 0 Å². The van der Waals surface area contributed by atoms with E-state index in [1.807, 2.05) is 18.2 Å². The summed E-state index contributed by atoms with van der Waals surface area (Å²) in [7, 11) is 1.54. The van der Waals surface area contributed by atoms with Gasteiger partial charge in [0, 0.05) is 23.0 Å². The number of rotatable bonds is 6. The molecule has 5 nitrogen and oxygen atoms in total. The number of para-hydroxylation sites is 1. The molecule has 2 aromatic rings. The number of amides is 2. The average Bonchev–Trinajstić information content (AvgIpc) is 2.57. The number of carbonyl (C=O) groups excluding carboxylic acids is 2. The first-order valence-corrected chi connectivity index (χ1v) is 7.86. The van der Waals surface area contributed by atoms with Gasteiger partial charge in [-0.05, 0) is 46.3 Å². The molecule has 120 valence electrons. The van der Waals surface area contributed by atoms with Gasteiger partial charge in [-0.1, -0.05) is 18.2 Å². The SMILES string of the molecule is COc1cccc(C(=O)NCCC(=O)Nc2ccccc2Br)c1. The highest BCUT2D eigenvalue weighted by molar-refractivity contribution is 9.10. The molecule has 6 heteroatoms. The van der Waals surface area contributed by atoms with Crippen molar-refractivity contribution in [3.8, 4) is 5.75 Å². The molecule has 0 bridgehead atoms. The van der Waals surface area contributed by atoms with E-state index in [-0.39, 0.29) is 24.8 Å². The van der Waals surface area contributed by atoms with Crippen LogP contribution in [0.15, 0.2) is 53.0 Å². The molecule has 0 radical (unpaired) electrons. The van der Waals surface area contributed by atoms with E-state index >= 15 is 0 Å². The van der Waals surface area contributed by atoms with Crippen LogP contribution in [-0.2, 0) is 4.79 Å². The topological polar surface area (TPSA) is 67.4 Å². The molecule has 0 fully saturated rings. The summed E-state index contributed by atoms with van der Waals surface area (Å²) in [5.41, 5.74) is 1.20. The predicted octanol–water partition coefficient (Wildman–Crippen LogP) is 3.22. The average molecular weight is 377 g/mol. The molecule has 0 aromatic heterocycles. The number of anilines is 1. The zero-order valence-electron chi connectivity index (χ0n) is 12.6. The molecular weight excluding hydrogens is 360 g/mol. The maximum Gasteiger partial charge on any atom is 0.251 e. The predicted molar refractivity (Wildman–Crippen MR) is 92.7 cm³/mol. The maximum atomic E-state index is 12.0. The number of carbonyl (C=O) groups is 2.